The first-order valence-electron chi connectivity index (χ1n) is 8.60. The first-order valence-corrected chi connectivity index (χ1v) is 8.60. The number of carboxylic acid groups (broad SMARTS) is 1. The van der Waals surface area contributed by atoms with Crippen molar-refractivity contribution < 1.29 is 24.1 Å². The van der Waals surface area contributed by atoms with Gasteiger partial charge in [-0.1, -0.05) is 30.3 Å². The van der Waals surface area contributed by atoms with E-state index in [1.165, 1.54) is 18.6 Å². The number of benzene rings is 2. The molecule has 4 N–H and O–H groups in total. The van der Waals surface area contributed by atoms with E-state index in [-0.39, 0.29) is 17.5 Å². The van der Waals surface area contributed by atoms with Crippen molar-refractivity contribution in [2.24, 2.45) is 5.73 Å². The van der Waals surface area contributed by atoms with Crippen LogP contribution in [0.5, 0.6) is 5.75 Å². The summed E-state index contributed by atoms with van der Waals surface area (Å²) in [6.45, 7) is 0. The zero-order valence-electron chi connectivity index (χ0n) is 14.3. The summed E-state index contributed by atoms with van der Waals surface area (Å²) >= 11 is 0. The second kappa shape index (κ2) is 7.43. The Morgan fingerprint density at radius 3 is 2.50 bits per heavy atom. The maximum atomic E-state index is 13.0. The van der Waals surface area contributed by atoms with E-state index < -0.39 is 12.1 Å². The molecule has 0 bridgehead atoms. The fraction of sp³-hybridized carbons (Fsp3) is 0.350. The summed E-state index contributed by atoms with van der Waals surface area (Å²) < 4.78 is 19.0. The molecular weight excluding hydrogens is 337 g/mol. The van der Waals surface area contributed by atoms with Gasteiger partial charge in [0.05, 0.1) is 0 Å². The molecule has 4 rings (SSSR count). The number of aliphatic hydroxyl groups is 1. The van der Waals surface area contributed by atoms with E-state index in [4.69, 9.17) is 20.7 Å². The summed E-state index contributed by atoms with van der Waals surface area (Å²) in [6.07, 6.45) is 2.79. The number of nitrogens with two attached hydrogens (primary N) is 1. The SMILES string of the molecule is N[C@@H]1CC2(CCC2)Oc2ccc(F)cc21.O=C(O)[C@H](O)c1ccccc1. The van der Waals surface area contributed by atoms with Crippen molar-refractivity contribution in [1.82, 2.24) is 0 Å². The molecule has 138 valence electrons. The van der Waals surface area contributed by atoms with Crippen LogP contribution in [0, 0.1) is 5.82 Å². The second-order valence-corrected chi connectivity index (χ2v) is 6.78. The van der Waals surface area contributed by atoms with Gasteiger partial charge in [0.1, 0.15) is 17.2 Å². The Morgan fingerprint density at radius 2 is 1.92 bits per heavy atom. The molecule has 1 heterocycles. The maximum Gasteiger partial charge on any atom is 0.337 e. The number of aliphatic carboxylic acids is 1. The van der Waals surface area contributed by atoms with E-state index in [1.54, 1.807) is 36.4 Å². The predicted octanol–water partition coefficient (Wildman–Crippen LogP) is 3.34. The molecule has 0 unspecified atom stereocenters. The molecule has 0 aromatic heterocycles. The third-order valence-electron chi connectivity index (χ3n) is 4.90. The zero-order chi connectivity index (χ0) is 18.7. The summed E-state index contributed by atoms with van der Waals surface area (Å²) in [6, 6.07) is 12.8. The minimum Gasteiger partial charge on any atom is -0.487 e. The topological polar surface area (TPSA) is 92.8 Å². The van der Waals surface area contributed by atoms with Crippen LogP contribution in [0.15, 0.2) is 48.5 Å². The van der Waals surface area contributed by atoms with Crippen molar-refractivity contribution in [2.75, 3.05) is 0 Å². The lowest BCUT2D eigenvalue weighted by atomic mass is 9.73. The lowest BCUT2D eigenvalue weighted by Gasteiger charge is -2.47. The number of aliphatic hydroxyl groups excluding tert-OH is 1. The average Bonchev–Trinajstić information content (AvgIpc) is 2.61. The van der Waals surface area contributed by atoms with Crippen LogP contribution >= 0.6 is 0 Å². The molecule has 6 heteroatoms. The van der Waals surface area contributed by atoms with Gasteiger partial charge in [-0.2, -0.15) is 0 Å². The van der Waals surface area contributed by atoms with Gasteiger partial charge in [0, 0.05) is 18.0 Å². The zero-order valence-corrected chi connectivity index (χ0v) is 14.3. The number of hydrogen-bond acceptors (Lipinski definition) is 4. The van der Waals surface area contributed by atoms with Gasteiger partial charge in [0.25, 0.3) is 0 Å². The number of halogens is 1. The Balaban J connectivity index is 0.000000160. The lowest BCUT2D eigenvalue weighted by Crippen LogP contribution is -2.48. The van der Waals surface area contributed by atoms with E-state index in [2.05, 4.69) is 0 Å². The molecule has 2 aromatic rings. The highest BCUT2D eigenvalue weighted by atomic mass is 19.1. The maximum absolute atomic E-state index is 13.0. The number of rotatable bonds is 2. The van der Waals surface area contributed by atoms with Crippen LogP contribution in [0.4, 0.5) is 4.39 Å². The van der Waals surface area contributed by atoms with Crippen molar-refractivity contribution in [3.05, 3.63) is 65.5 Å². The first kappa shape index (κ1) is 18.4. The molecule has 0 radical (unpaired) electrons. The largest absolute Gasteiger partial charge is 0.487 e. The van der Waals surface area contributed by atoms with Crippen LogP contribution in [0.25, 0.3) is 0 Å². The summed E-state index contributed by atoms with van der Waals surface area (Å²) in [7, 11) is 0. The predicted molar refractivity (Wildman–Crippen MR) is 94.2 cm³/mol. The number of ether oxygens (including phenoxy) is 1. The van der Waals surface area contributed by atoms with Crippen LogP contribution in [-0.2, 0) is 4.79 Å². The monoisotopic (exact) mass is 359 g/mol. The molecule has 1 fully saturated rings. The molecule has 1 aliphatic carbocycles. The minimum absolute atomic E-state index is 0.0375. The summed E-state index contributed by atoms with van der Waals surface area (Å²) in [5.41, 5.74) is 7.23. The molecule has 2 aliphatic rings. The third-order valence-corrected chi connectivity index (χ3v) is 4.90. The van der Waals surface area contributed by atoms with Crippen molar-refractivity contribution in [3.63, 3.8) is 0 Å². The molecule has 1 saturated carbocycles. The smallest absolute Gasteiger partial charge is 0.337 e. The van der Waals surface area contributed by atoms with Crippen molar-refractivity contribution in [3.8, 4) is 5.75 Å². The minimum atomic E-state index is -1.41. The van der Waals surface area contributed by atoms with Crippen LogP contribution in [0.1, 0.15) is 49.0 Å². The Kier molecular flexibility index (Phi) is 5.25. The summed E-state index contributed by atoms with van der Waals surface area (Å²) in [4.78, 5) is 10.2. The summed E-state index contributed by atoms with van der Waals surface area (Å²) in [5, 5.41) is 17.4. The van der Waals surface area contributed by atoms with Crippen LogP contribution in [-0.4, -0.2) is 21.8 Å². The lowest BCUT2D eigenvalue weighted by molar-refractivity contribution is -0.146. The number of carbonyl (C=O) groups is 1. The fourth-order valence-electron chi connectivity index (χ4n) is 3.34. The molecule has 1 spiro atoms. The quantitative estimate of drug-likeness (QED) is 0.765. The van der Waals surface area contributed by atoms with Gasteiger partial charge in [0.2, 0.25) is 0 Å². The highest BCUT2D eigenvalue weighted by Gasteiger charge is 2.44. The van der Waals surface area contributed by atoms with Crippen molar-refractivity contribution in [2.45, 2.75) is 43.4 Å². The van der Waals surface area contributed by atoms with E-state index in [1.807, 2.05) is 0 Å². The van der Waals surface area contributed by atoms with Gasteiger partial charge >= 0.3 is 5.97 Å². The molecule has 0 amide bonds. The molecule has 5 nitrogen and oxygen atoms in total. The van der Waals surface area contributed by atoms with Gasteiger partial charge in [-0.25, -0.2) is 9.18 Å². The van der Waals surface area contributed by atoms with Gasteiger partial charge in [-0.15, -0.1) is 0 Å². The van der Waals surface area contributed by atoms with Gasteiger partial charge < -0.3 is 20.7 Å². The van der Waals surface area contributed by atoms with E-state index >= 15 is 0 Å². The number of fused-ring (bicyclic) bond motifs is 1. The highest BCUT2D eigenvalue weighted by molar-refractivity contribution is 5.73. The second-order valence-electron chi connectivity index (χ2n) is 6.78. The van der Waals surface area contributed by atoms with Crippen LogP contribution < -0.4 is 10.5 Å². The Hall–Kier alpha value is -2.44. The van der Waals surface area contributed by atoms with E-state index in [9.17, 15) is 9.18 Å². The van der Waals surface area contributed by atoms with Crippen LogP contribution in [0.3, 0.4) is 0 Å². The third kappa shape index (κ3) is 3.86. The highest BCUT2D eigenvalue weighted by Crippen LogP contribution is 2.48. The molecule has 2 aromatic carbocycles. The normalized spacial score (nSPS) is 20.7. The first-order chi connectivity index (χ1) is 12.4. The Bertz CT molecular complexity index is 777. The molecule has 1 aliphatic heterocycles. The standard InChI is InChI=1S/C12H14FNO.C8H8O3/c13-8-2-3-11-9(6-8)10(14)7-12(15-11)4-1-5-12;9-7(8(10)11)6-4-2-1-3-5-6/h2-3,6,10H,1,4-5,7,14H2;1-5,7,9H,(H,10,11)/t10-;7-/m11/s1. The van der Waals surface area contributed by atoms with Crippen molar-refractivity contribution in [1.29, 1.82) is 0 Å². The van der Waals surface area contributed by atoms with Gasteiger partial charge in [-0.05, 0) is 43.0 Å². The van der Waals surface area contributed by atoms with Gasteiger partial charge in [0.15, 0.2) is 6.10 Å². The van der Waals surface area contributed by atoms with E-state index in [0.29, 0.717) is 5.56 Å². The number of hydrogen-bond donors (Lipinski definition) is 3. The average molecular weight is 359 g/mol. The Morgan fingerprint density at radius 1 is 1.23 bits per heavy atom. The molecule has 2 atom stereocenters. The number of carboxylic acids is 1. The van der Waals surface area contributed by atoms with Crippen LogP contribution in [0.2, 0.25) is 0 Å². The van der Waals surface area contributed by atoms with Gasteiger partial charge in [-0.3, -0.25) is 0 Å². The molecule has 26 heavy (non-hydrogen) atoms. The molecular formula is C20H22FNO4. The molecule has 0 saturated heterocycles. The fourth-order valence-corrected chi connectivity index (χ4v) is 3.34. The summed E-state index contributed by atoms with van der Waals surface area (Å²) in [5.74, 6) is -0.691. The van der Waals surface area contributed by atoms with Crippen molar-refractivity contribution >= 4 is 5.97 Å². The van der Waals surface area contributed by atoms with E-state index in [0.717, 1.165) is 30.6 Å². The Labute approximate surface area is 151 Å².